The number of likely N-dealkylation sites (tertiary alicyclic amines) is 1. The van der Waals surface area contributed by atoms with E-state index in [9.17, 15) is 14.0 Å². The van der Waals surface area contributed by atoms with Crippen LogP contribution in [0.3, 0.4) is 0 Å². The van der Waals surface area contributed by atoms with Crippen LogP contribution in [0.25, 0.3) is 0 Å². The number of piperazine rings is 1. The van der Waals surface area contributed by atoms with E-state index >= 15 is 0 Å². The normalized spacial score (nSPS) is 21.3. The molecule has 1 aromatic heterocycles. The number of amides is 2. The van der Waals surface area contributed by atoms with Crippen molar-refractivity contribution in [2.75, 3.05) is 37.6 Å². The van der Waals surface area contributed by atoms with Gasteiger partial charge in [0.15, 0.2) is 5.82 Å². The molecule has 5 rings (SSSR count). The van der Waals surface area contributed by atoms with E-state index in [1.54, 1.807) is 12.1 Å². The predicted octanol–water partition coefficient (Wildman–Crippen LogP) is 2.56. The summed E-state index contributed by atoms with van der Waals surface area (Å²) in [5.74, 6) is 1.17. The van der Waals surface area contributed by atoms with Gasteiger partial charge in [0, 0.05) is 51.5 Å². The Kier molecular flexibility index (Phi) is 5.80. The first-order valence-corrected chi connectivity index (χ1v) is 11.5. The molecule has 32 heavy (non-hydrogen) atoms. The van der Waals surface area contributed by atoms with Crippen LogP contribution in [0.5, 0.6) is 0 Å². The third-order valence-electron chi connectivity index (χ3n) is 6.62. The molecule has 170 valence electrons. The molecule has 1 aromatic carbocycles. The molecule has 0 spiro atoms. The molecule has 1 saturated carbocycles. The monoisotopic (exact) mass is 441 g/mol. The van der Waals surface area contributed by atoms with E-state index in [4.69, 9.17) is 4.52 Å². The summed E-state index contributed by atoms with van der Waals surface area (Å²) in [6, 6.07) is 6.61. The van der Waals surface area contributed by atoms with Crippen molar-refractivity contribution in [1.29, 1.82) is 0 Å². The Morgan fingerprint density at radius 2 is 1.84 bits per heavy atom. The number of aryl methyl sites for hydroxylation is 1. The molecule has 8 nitrogen and oxygen atoms in total. The SMILES string of the molecule is O=C(CCc1nc(C2CCCN2C(=O)C2CC2)no1)N1CCN(c2ccccc2F)CC1. The van der Waals surface area contributed by atoms with Crippen molar-refractivity contribution in [3.05, 3.63) is 41.8 Å². The first-order valence-electron chi connectivity index (χ1n) is 11.5. The Morgan fingerprint density at radius 1 is 1.06 bits per heavy atom. The number of carbonyl (C=O) groups is 2. The topological polar surface area (TPSA) is 82.8 Å². The molecule has 1 unspecified atom stereocenters. The number of benzene rings is 1. The summed E-state index contributed by atoms with van der Waals surface area (Å²) in [7, 11) is 0. The smallest absolute Gasteiger partial charge is 0.227 e. The second kappa shape index (κ2) is 8.88. The highest BCUT2D eigenvalue weighted by atomic mass is 19.1. The number of hydrogen-bond donors (Lipinski definition) is 0. The van der Waals surface area contributed by atoms with Crippen molar-refractivity contribution in [3.8, 4) is 0 Å². The largest absolute Gasteiger partial charge is 0.366 e. The van der Waals surface area contributed by atoms with E-state index in [0.717, 1.165) is 32.2 Å². The van der Waals surface area contributed by atoms with Gasteiger partial charge in [-0.25, -0.2) is 4.39 Å². The van der Waals surface area contributed by atoms with Crippen LogP contribution in [0.1, 0.15) is 49.9 Å². The first-order chi connectivity index (χ1) is 15.6. The summed E-state index contributed by atoms with van der Waals surface area (Å²) in [5.41, 5.74) is 0.583. The molecule has 3 fully saturated rings. The van der Waals surface area contributed by atoms with Crippen LogP contribution in [0, 0.1) is 11.7 Å². The molecule has 0 N–H and O–H groups in total. The number of para-hydroxylation sites is 1. The van der Waals surface area contributed by atoms with Crippen LogP contribution in [0.2, 0.25) is 0 Å². The van der Waals surface area contributed by atoms with Crippen LogP contribution in [0.4, 0.5) is 10.1 Å². The van der Waals surface area contributed by atoms with Gasteiger partial charge in [-0.2, -0.15) is 4.98 Å². The average molecular weight is 442 g/mol. The molecule has 9 heteroatoms. The average Bonchev–Trinajstić information content (AvgIpc) is 3.36. The number of anilines is 1. The lowest BCUT2D eigenvalue weighted by molar-refractivity contribution is -0.133. The molecule has 2 aliphatic heterocycles. The Balaban J connectivity index is 1.12. The number of hydrogen-bond acceptors (Lipinski definition) is 6. The van der Waals surface area contributed by atoms with Gasteiger partial charge in [0.2, 0.25) is 17.7 Å². The highest BCUT2D eigenvalue weighted by Crippen LogP contribution is 2.37. The van der Waals surface area contributed by atoms with Gasteiger partial charge in [0.05, 0.1) is 11.7 Å². The van der Waals surface area contributed by atoms with Crippen molar-refractivity contribution in [2.24, 2.45) is 5.92 Å². The van der Waals surface area contributed by atoms with Crippen LogP contribution < -0.4 is 4.90 Å². The number of aromatic nitrogens is 2. The van der Waals surface area contributed by atoms with Crippen molar-refractivity contribution in [2.45, 2.75) is 44.6 Å². The Bertz CT molecular complexity index is 984. The molecule has 1 aliphatic carbocycles. The highest BCUT2D eigenvalue weighted by molar-refractivity contribution is 5.81. The van der Waals surface area contributed by atoms with Gasteiger partial charge in [-0.1, -0.05) is 17.3 Å². The second-order valence-electron chi connectivity index (χ2n) is 8.83. The standard InChI is InChI=1S/C23H28FN5O3/c24-17-4-1-2-5-18(17)27-12-14-28(15-13-27)21(30)10-9-20-25-22(26-32-20)19-6-3-11-29(19)23(31)16-7-8-16/h1-2,4-5,16,19H,3,6-15H2. The lowest BCUT2D eigenvalue weighted by Gasteiger charge is -2.36. The third kappa shape index (κ3) is 4.33. The molecule has 1 atom stereocenters. The molecule has 2 amide bonds. The van der Waals surface area contributed by atoms with Crippen LogP contribution in [0.15, 0.2) is 28.8 Å². The van der Waals surface area contributed by atoms with Crippen molar-refractivity contribution in [1.82, 2.24) is 19.9 Å². The van der Waals surface area contributed by atoms with E-state index < -0.39 is 0 Å². The van der Waals surface area contributed by atoms with Crippen molar-refractivity contribution < 1.29 is 18.5 Å². The Hall–Kier alpha value is -2.97. The van der Waals surface area contributed by atoms with E-state index in [-0.39, 0.29) is 36.0 Å². The number of carbonyl (C=O) groups excluding carboxylic acids is 2. The molecule has 3 heterocycles. The lowest BCUT2D eigenvalue weighted by Crippen LogP contribution is -2.49. The quantitative estimate of drug-likeness (QED) is 0.685. The molecule has 0 radical (unpaired) electrons. The molecule has 2 aromatic rings. The summed E-state index contributed by atoms with van der Waals surface area (Å²) in [6.07, 6.45) is 4.43. The predicted molar refractivity (Wildman–Crippen MR) is 114 cm³/mol. The van der Waals surface area contributed by atoms with Gasteiger partial charge in [0.25, 0.3) is 0 Å². The van der Waals surface area contributed by atoms with E-state index in [1.165, 1.54) is 6.07 Å². The minimum absolute atomic E-state index is 0.0318. The molecule has 3 aliphatic rings. The Labute approximate surface area is 186 Å². The summed E-state index contributed by atoms with van der Waals surface area (Å²) in [6.45, 7) is 3.07. The van der Waals surface area contributed by atoms with Gasteiger partial charge in [0.1, 0.15) is 5.82 Å². The number of halogens is 1. The fourth-order valence-corrected chi connectivity index (χ4v) is 4.65. The summed E-state index contributed by atoms with van der Waals surface area (Å²) < 4.78 is 19.4. The van der Waals surface area contributed by atoms with E-state index in [0.29, 0.717) is 50.0 Å². The fraction of sp³-hybridized carbons (Fsp3) is 0.565. The van der Waals surface area contributed by atoms with E-state index in [1.807, 2.05) is 20.8 Å². The Morgan fingerprint density at radius 3 is 2.59 bits per heavy atom. The molecular weight excluding hydrogens is 413 g/mol. The maximum Gasteiger partial charge on any atom is 0.227 e. The third-order valence-corrected chi connectivity index (χ3v) is 6.62. The highest BCUT2D eigenvalue weighted by Gasteiger charge is 2.40. The van der Waals surface area contributed by atoms with Gasteiger partial charge in [-0.05, 0) is 37.8 Å². The summed E-state index contributed by atoms with van der Waals surface area (Å²) in [5, 5.41) is 4.11. The maximum atomic E-state index is 14.0. The molecular formula is C23H28FN5O3. The zero-order valence-electron chi connectivity index (χ0n) is 18.1. The summed E-state index contributed by atoms with van der Waals surface area (Å²) >= 11 is 0. The van der Waals surface area contributed by atoms with Crippen LogP contribution in [-0.4, -0.2) is 64.5 Å². The zero-order valence-corrected chi connectivity index (χ0v) is 18.1. The van der Waals surface area contributed by atoms with Gasteiger partial charge in [-0.3, -0.25) is 9.59 Å². The van der Waals surface area contributed by atoms with Gasteiger partial charge >= 0.3 is 0 Å². The van der Waals surface area contributed by atoms with Crippen molar-refractivity contribution >= 4 is 17.5 Å². The molecule has 0 bridgehead atoms. The minimum Gasteiger partial charge on any atom is -0.366 e. The molecule has 2 saturated heterocycles. The van der Waals surface area contributed by atoms with Crippen molar-refractivity contribution in [3.63, 3.8) is 0 Å². The maximum absolute atomic E-state index is 14.0. The number of nitrogens with zero attached hydrogens (tertiary/aromatic N) is 5. The van der Waals surface area contributed by atoms with Gasteiger partial charge < -0.3 is 19.2 Å². The zero-order chi connectivity index (χ0) is 22.1. The first kappa shape index (κ1) is 20.9. The second-order valence-corrected chi connectivity index (χ2v) is 8.83. The van der Waals surface area contributed by atoms with Gasteiger partial charge in [-0.15, -0.1) is 0 Å². The van der Waals surface area contributed by atoms with Crippen LogP contribution in [-0.2, 0) is 16.0 Å². The lowest BCUT2D eigenvalue weighted by atomic mass is 10.2. The van der Waals surface area contributed by atoms with E-state index in [2.05, 4.69) is 10.1 Å². The minimum atomic E-state index is -0.237. The fourth-order valence-electron chi connectivity index (χ4n) is 4.65. The summed E-state index contributed by atoms with van der Waals surface area (Å²) in [4.78, 5) is 35.3. The van der Waals surface area contributed by atoms with Crippen LogP contribution >= 0.6 is 0 Å². The number of rotatable bonds is 6.